The molecule has 0 bridgehead atoms. The first-order valence-corrected chi connectivity index (χ1v) is 11.1. The van der Waals surface area contributed by atoms with Crippen LogP contribution < -0.4 is 10.1 Å². The van der Waals surface area contributed by atoms with Gasteiger partial charge in [-0.2, -0.15) is 4.98 Å². The van der Waals surface area contributed by atoms with Gasteiger partial charge in [-0.15, -0.1) is 16.4 Å². The number of ether oxygens (including phenoxy) is 2. The van der Waals surface area contributed by atoms with Gasteiger partial charge < -0.3 is 14.8 Å². The van der Waals surface area contributed by atoms with E-state index in [0.29, 0.717) is 18.8 Å². The molecule has 0 radical (unpaired) electrons. The average molecular weight is 463 g/mol. The van der Waals surface area contributed by atoms with Gasteiger partial charge in [0.25, 0.3) is 11.7 Å². The summed E-state index contributed by atoms with van der Waals surface area (Å²) in [5.74, 6) is 0.0613. The quantitative estimate of drug-likeness (QED) is 0.383. The molecule has 168 valence electrons. The number of rotatable bonds is 9. The highest BCUT2D eigenvalue weighted by Crippen LogP contribution is 2.25. The van der Waals surface area contributed by atoms with Gasteiger partial charge in [0.15, 0.2) is 12.4 Å². The molecular formula is C24H22N4O4S. The van der Waals surface area contributed by atoms with Gasteiger partial charge in [-0.3, -0.25) is 4.79 Å². The monoisotopic (exact) mass is 462 g/mol. The Bertz CT molecular complexity index is 1210. The molecule has 4 rings (SSSR count). The second-order valence-electron chi connectivity index (χ2n) is 7.01. The molecule has 1 N–H and O–H groups in total. The van der Waals surface area contributed by atoms with Crippen molar-refractivity contribution in [3.8, 4) is 22.1 Å². The van der Waals surface area contributed by atoms with Gasteiger partial charge in [-0.25, -0.2) is 9.48 Å². The van der Waals surface area contributed by atoms with Crippen LogP contribution in [0.3, 0.4) is 0 Å². The number of hydrogen-bond donors (Lipinski definition) is 1. The number of aromatic nitrogens is 3. The van der Waals surface area contributed by atoms with Crippen LogP contribution >= 0.6 is 11.3 Å². The van der Waals surface area contributed by atoms with Crippen molar-refractivity contribution in [3.63, 3.8) is 0 Å². The Labute approximate surface area is 194 Å². The van der Waals surface area contributed by atoms with Gasteiger partial charge >= 0.3 is 5.97 Å². The van der Waals surface area contributed by atoms with Crippen molar-refractivity contribution in [2.24, 2.45) is 0 Å². The third kappa shape index (κ3) is 5.64. The molecule has 0 aliphatic rings. The second-order valence-corrected chi connectivity index (χ2v) is 7.96. The number of amides is 1. The van der Waals surface area contributed by atoms with E-state index in [2.05, 4.69) is 15.4 Å². The third-order valence-electron chi connectivity index (χ3n) is 4.76. The minimum absolute atomic E-state index is 0.103. The maximum atomic E-state index is 12.5. The predicted octanol–water partition coefficient (Wildman–Crippen LogP) is 3.52. The summed E-state index contributed by atoms with van der Waals surface area (Å²) in [4.78, 5) is 29.9. The van der Waals surface area contributed by atoms with Gasteiger partial charge in [0.1, 0.15) is 5.75 Å². The summed E-state index contributed by atoms with van der Waals surface area (Å²) >= 11 is 1.49. The van der Waals surface area contributed by atoms with E-state index < -0.39 is 18.5 Å². The van der Waals surface area contributed by atoms with Crippen molar-refractivity contribution in [2.45, 2.75) is 6.42 Å². The van der Waals surface area contributed by atoms with Crippen LogP contribution in [-0.2, 0) is 16.0 Å². The molecule has 0 fully saturated rings. The lowest BCUT2D eigenvalue weighted by Gasteiger charge is -2.06. The summed E-state index contributed by atoms with van der Waals surface area (Å²) in [5.41, 5.74) is 1.83. The molecule has 2 aromatic carbocycles. The first-order valence-electron chi connectivity index (χ1n) is 10.3. The Morgan fingerprint density at radius 2 is 1.82 bits per heavy atom. The minimum atomic E-state index is -0.757. The predicted molar refractivity (Wildman–Crippen MR) is 125 cm³/mol. The maximum Gasteiger partial charge on any atom is 0.378 e. The van der Waals surface area contributed by atoms with Gasteiger partial charge in [0.05, 0.1) is 17.7 Å². The van der Waals surface area contributed by atoms with E-state index in [4.69, 9.17) is 9.47 Å². The molecule has 1 amide bonds. The van der Waals surface area contributed by atoms with Crippen LogP contribution in [0.2, 0.25) is 0 Å². The van der Waals surface area contributed by atoms with E-state index >= 15 is 0 Å². The molecule has 4 aromatic rings. The number of esters is 1. The van der Waals surface area contributed by atoms with Crippen LogP contribution in [0.25, 0.3) is 16.4 Å². The number of para-hydroxylation sites is 1. The lowest BCUT2D eigenvalue weighted by molar-refractivity contribution is -0.124. The largest absolute Gasteiger partial charge is 0.497 e. The van der Waals surface area contributed by atoms with E-state index in [1.807, 2.05) is 72.1 Å². The van der Waals surface area contributed by atoms with Crippen LogP contribution in [0.5, 0.6) is 5.75 Å². The summed E-state index contributed by atoms with van der Waals surface area (Å²) in [6, 6.07) is 20.8. The molecule has 33 heavy (non-hydrogen) atoms. The number of carbonyl (C=O) groups excluding carboxylic acids is 2. The van der Waals surface area contributed by atoms with Crippen molar-refractivity contribution >= 4 is 23.2 Å². The number of methoxy groups -OCH3 is 1. The van der Waals surface area contributed by atoms with Gasteiger partial charge in [-0.1, -0.05) is 36.4 Å². The Kier molecular flexibility index (Phi) is 7.11. The molecule has 9 heteroatoms. The molecular weight excluding hydrogens is 440 g/mol. The summed E-state index contributed by atoms with van der Waals surface area (Å²) in [5, 5.41) is 8.99. The van der Waals surface area contributed by atoms with E-state index in [0.717, 1.165) is 21.9 Å². The zero-order valence-electron chi connectivity index (χ0n) is 17.9. The molecule has 0 saturated carbocycles. The Hall–Kier alpha value is -3.98. The highest BCUT2D eigenvalue weighted by Gasteiger charge is 2.21. The molecule has 0 aliphatic carbocycles. The Morgan fingerprint density at radius 1 is 1.03 bits per heavy atom. The Balaban J connectivity index is 1.34. The topological polar surface area (TPSA) is 95.3 Å². The van der Waals surface area contributed by atoms with Crippen molar-refractivity contribution < 1.29 is 19.1 Å². The summed E-state index contributed by atoms with van der Waals surface area (Å²) in [7, 11) is 1.61. The number of nitrogens with one attached hydrogen (secondary N) is 1. The highest BCUT2D eigenvalue weighted by atomic mass is 32.1. The molecule has 0 spiro atoms. The number of nitrogens with zero attached hydrogens (tertiary/aromatic N) is 3. The smallest absolute Gasteiger partial charge is 0.378 e. The molecule has 0 unspecified atom stereocenters. The zero-order valence-corrected chi connectivity index (χ0v) is 18.7. The summed E-state index contributed by atoms with van der Waals surface area (Å²) < 4.78 is 11.9. The number of benzene rings is 2. The van der Waals surface area contributed by atoms with Crippen LogP contribution in [0.15, 0.2) is 72.1 Å². The fourth-order valence-corrected chi connectivity index (χ4v) is 3.80. The zero-order chi connectivity index (χ0) is 23.0. The third-order valence-corrected chi connectivity index (χ3v) is 5.63. The lowest BCUT2D eigenvalue weighted by atomic mass is 10.1. The average Bonchev–Trinajstić information content (AvgIpc) is 3.54. The molecule has 0 aliphatic heterocycles. The molecule has 2 aromatic heterocycles. The summed E-state index contributed by atoms with van der Waals surface area (Å²) in [6.45, 7) is 0.0157. The Morgan fingerprint density at radius 3 is 2.52 bits per heavy atom. The van der Waals surface area contributed by atoms with Gasteiger partial charge in [0.2, 0.25) is 0 Å². The minimum Gasteiger partial charge on any atom is -0.497 e. The molecule has 0 saturated heterocycles. The van der Waals surface area contributed by atoms with Gasteiger partial charge in [-0.05, 0) is 47.7 Å². The van der Waals surface area contributed by atoms with E-state index in [1.54, 1.807) is 11.8 Å². The van der Waals surface area contributed by atoms with Crippen LogP contribution in [-0.4, -0.2) is 46.9 Å². The van der Waals surface area contributed by atoms with Gasteiger partial charge in [0, 0.05) is 6.54 Å². The molecule has 2 heterocycles. The van der Waals surface area contributed by atoms with E-state index in [1.165, 1.54) is 11.3 Å². The van der Waals surface area contributed by atoms with E-state index in [9.17, 15) is 9.59 Å². The van der Waals surface area contributed by atoms with Crippen molar-refractivity contribution in [1.82, 2.24) is 20.1 Å². The fourth-order valence-electron chi connectivity index (χ4n) is 3.10. The highest BCUT2D eigenvalue weighted by molar-refractivity contribution is 7.13. The second kappa shape index (κ2) is 10.6. The van der Waals surface area contributed by atoms with Crippen LogP contribution in [0.4, 0.5) is 0 Å². The molecule has 8 nitrogen and oxygen atoms in total. The lowest BCUT2D eigenvalue weighted by Crippen LogP contribution is -2.30. The first kappa shape index (κ1) is 22.2. The van der Waals surface area contributed by atoms with Crippen LogP contribution in [0, 0.1) is 0 Å². The SMILES string of the molecule is COc1ccc(CCNC(=O)COC(=O)c2nc(-c3cccs3)n(-c3ccccc3)n2)cc1. The fraction of sp³-hybridized carbons (Fsp3) is 0.167. The van der Waals surface area contributed by atoms with E-state index in [-0.39, 0.29) is 5.82 Å². The summed E-state index contributed by atoms with van der Waals surface area (Å²) in [6.07, 6.45) is 0.650. The standard InChI is InChI=1S/C24H22N4O4S/c1-31-19-11-9-17(10-12-19)13-14-25-21(29)16-32-24(30)22-26-23(20-8-5-15-33-20)28(27-22)18-6-3-2-4-7-18/h2-12,15H,13-14,16H2,1H3,(H,25,29). The number of carbonyl (C=O) groups is 2. The van der Waals surface area contributed by atoms with Crippen molar-refractivity contribution in [1.29, 1.82) is 0 Å². The number of hydrogen-bond acceptors (Lipinski definition) is 7. The maximum absolute atomic E-state index is 12.5. The number of thiophene rings is 1. The van der Waals surface area contributed by atoms with Crippen molar-refractivity contribution in [2.75, 3.05) is 20.3 Å². The van der Waals surface area contributed by atoms with Crippen LogP contribution in [0.1, 0.15) is 16.2 Å². The van der Waals surface area contributed by atoms with Crippen molar-refractivity contribution in [3.05, 3.63) is 83.5 Å². The molecule has 0 atom stereocenters. The first-order chi connectivity index (χ1) is 16.1. The normalized spacial score (nSPS) is 10.6.